The first-order chi connectivity index (χ1) is 13.6. The summed E-state index contributed by atoms with van der Waals surface area (Å²) in [6.07, 6.45) is 0. The van der Waals surface area contributed by atoms with Crippen molar-refractivity contribution in [1.29, 1.82) is 0 Å². The number of carbonyl (C=O) groups is 1. The maximum Gasteiger partial charge on any atom is 0.278 e. The van der Waals surface area contributed by atoms with E-state index < -0.39 is 5.66 Å². The number of anilines is 2. The second-order valence-corrected chi connectivity index (χ2v) is 7.53. The molecule has 1 N–H and O–H groups in total. The summed E-state index contributed by atoms with van der Waals surface area (Å²) in [5.41, 5.74) is 5.69. The second kappa shape index (κ2) is 5.01. The molecule has 2 aliphatic rings. The van der Waals surface area contributed by atoms with Gasteiger partial charge in [-0.25, -0.2) is 4.98 Å². The molecule has 5 heteroatoms. The van der Waals surface area contributed by atoms with E-state index in [0.29, 0.717) is 0 Å². The number of benzene rings is 3. The van der Waals surface area contributed by atoms with E-state index in [0.717, 1.165) is 44.9 Å². The van der Waals surface area contributed by atoms with Crippen molar-refractivity contribution in [1.82, 2.24) is 9.55 Å². The zero-order valence-electron chi connectivity index (χ0n) is 15.6. The molecule has 28 heavy (non-hydrogen) atoms. The number of carbonyl (C=O) groups excluding carboxylic acids is 1. The van der Waals surface area contributed by atoms with Crippen LogP contribution in [0.1, 0.15) is 11.1 Å². The highest BCUT2D eigenvalue weighted by atomic mass is 16.2. The van der Waals surface area contributed by atoms with Gasteiger partial charge < -0.3 is 10.2 Å². The van der Waals surface area contributed by atoms with E-state index >= 15 is 0 Å². The molecule has 5 nitrogen and oxygen atoms in total. The number of hydrogen-bond acceptors (Lipinski definition) is 3. The molecule has 3 heterocycles. The van der Waals surface area contributed by atoms with Crippen molar-refractivity contribution >= 4 is 28.3 Å². The van der Waals surface area contributed by atoms with E-state index in [1.165, 1.54) is 0 Å². The minimum Gasteiger partial charge on any atom is -0.350 e. The monoisotopic (exact) mass is 366 g/mol. The SMILES string of the molecule is Cc1ccc2c(c1)C1(Nc3ccccc3-c3nc4ccccc4n31)C(=O)N2C. The average Bonchev–Trinajstić information content (AvgIpc) is 3.20. The summed E-state index contributed by atoms with van der Waals surface area (Å²) in [6.45, 7) is 2.06. The first-order valence-electron chi connectivity index (χ1n) is 9.36. The number of nitrogens with one attached hydrogen (secondary N) is 1. The fourth-order valence-electron chi connectivity index (χ4n) is 4.62. The Morgan fingerprint density at radius 1 is 1.00 bits per heavy atom. The number of rotatable bonds is 0. The topological polar surface area (TPSA) is 50.2 Å². The average molecular weight is 366 g/mol. The number of amides is 1. The largest absolute Gasteiger partial charge is 0.350 e. The zero-order valence-corrected chi connectivity index (χ0v) is 15.6. The molecule has 1 atom stereocenters. The third kappa shape index (κ3) is 1.67. The summed E-state index contributed by atoms with van der Waals surface area (Å²) in [5.74, 6) is 0.804. The highest BCUT2D eigenvalue weighted by molar-refractivity contribution is 6.11. The van der Waals surface area contributed by atoms with Crippen LogP contribution in [0.15, 0.2) is 66.7 Å². The zero-order chi connectivity index (χ0) is 19.0. The van der Waals surface area contributed by atoms with Gasteiger partial charge in [-0.1, -0.05) is 35.9 Å². The number of likely N-dealkylation sites (N-methyl/N-ethyl adjacent to an activating group) is 1. The molecule has 0 aliphatic carbocycles. The van der Waals surface area contributed by atoms with Crippen LogP contribution in [0, 0.1) is 6.92 Å². The summed E-state index contributed by atoms with van der Waals surface area (Å²) in [7, 11) is 1.84. The minimum atomic E-state index is -1.05. The first kappa shape index (κ1) is 15.5. The lowest BCUT2D eigenvalue weighted by Crippen LogP contribution is -2.52. The van der Waals surface area contributed by atoms with Crippen LogP contribution in [-0.2, 0) is 10.5 Å². The molecule has 6 rings (SSSR count). The molecule has 0 radical (unpaired) electrons. The number of aryl methyl sites for hydroxylation is 1. The van der Waals surface area contributed by atoms with Gasteiger partial charge in [-0.3, -0.25) is 9.36 Å². The van der Waals surface area contributed by atoms with E-state index in [9.17, 15) is 4.79 Å². The maximum absolute atomic E-state index is 13.8. The first-order valence-corrected chi connectivity index (χ1v) is 9.36. The smallest absolute Gasteiger partial charge is 0.278 e. The van der Waals surface area contributed by atoms with Crippen molar-refractivity contribution in [2.75, 3.05) is 17.3 Å². The number of imidazole rings is 1. The number of para-hydroxylation sites is 3. The van der Waals surface area contributed by atoms with Crippen LogP contribution >= 0.6 is 0 Å². The lowest BCUT2D eigenvalue weighted by atomic mass is 9.94. The summed E-state index contributed by atoms with van der Waals surface area (Å²) in [6, 6.07) is 22.2. The highest BCUT2D eigenvalue weighted by Gasteiger charge is 2.55. The minimum absolute atomic E-state index is 0.00740. The third-order valence-electron chi connectivity index (χ3n) is 5.90. The fraction of sp³-hybridized carbons (Fsp3) is 0.130. The molecule has 1 spiro atoms. The number of fused-ring (bicyclic) bond motifs is 8. The molecule has 3 aromatic carbocycles. The fourth-order valence-corrected chi connectivity index (χ4v) is 4.62. The van der Waals surface area contributed by atoms with Gasteiger partial charge in [-0.2, -0.15) is 0 Å². The van der Waals surface area contributed by atoms with Gasteiger partial charge in [0, 0.05) is 23.9 Å². The van der Waals surface area contributed by atoms with Gasteiger partial charge in [0.25, 0.3) is 5.91 Å². The van der Waals surface area contributed by atoms with Crippen LogP contribution in [0.3, 0.4) is 0 Å². The normalized spacial score (nSPS) is 19.5. The van der Waals surface area contributed by atoms with E-state index in [4.69, 9.17) is 4.98 Å². The van der Waals surface area contributed by atoms with Gasteiger partial charge in [0.2, 0.25) is 5.66 Å². The van der Waals surface area contributed by atoms with Crippen LogP contribution in [0.2, 0.25) is 0 Å². The van der Waals surface area contributed by atoms with Gasteiger partial charge in [0.1, 0.15) is 5.82 Å². The molecule has 0 bridgehead atoms. The summed E-state index contributed by atoms with van der Waals surface area (Å²) in [5, 5.41) is 3.60. The van der Waals surface area contributed by atoms with E-state index in [1.807, 2.05) is 67.7 Å². The Hall–Kier alpha value is -3.60. The van der Waals surface area contributed by atoms with Crippen molar-refractivity contribution in [3.05, 3.63) is 77.9 Å². The Balaban J connectivity index is 1.81. The van der Waals surface area contributed by atoms with Crippen molar-refractivity contribution in [3.63, 3.8) is 0 Å². The Kier molecular flexibility index (Phi) is 2.77. The lowest BCUT2D eigenvalue weighted by Gasteiger charge is -2.38. The Morgan fingerprint density at radius 2 is 1.79 bits per heavy atom. The molecule has 0 fully saturated rings. The summed E-state index contributed by atoms with van der Waals surface area (Å²) < 4.78 is 2.08. The highest BCUT2D eigenvalue weighted by Crippen LogP contribution is 2.50. The van der Waals surface area contributed by atoms with Gasteiger partial charge in [0.05, 0.1) is 16.7 Å². The molecule has 4 aromatic rings. The summed E-state index contributed by atoms with van der Waals surface area (Å²) in [4.78, 5) is 20.4. The second-order valence-electron chi connectivity index (χ2n) is 7.53. The molecule has 1 aromatic heterocycles. The van der Waals surface area contributed by atoms with Crippen molar-refractivity contribution < 1.29 is 4.79 Å². The van der Waals surface area contributed by atoms with Gasteiger partial charge in [0.15, 0.2) is 0 Å². The third-order valence-corrected chi connectivity index (χ3v) is 5.90. The van der Waals surface area contributed by atoms with Crippen LogP contribution in [0.4, 0.5) is 11.4 Å². The molecule has 2 aliphatic heterocycles. The van der Waals surface area contributed by atoms with Crippen molar-refractivity contribution in [3.8, 4) is 11.4 Å². The molecule has 1 amide bonds. The standard InChI is InChI=1S/C23H18N4O/c1-14-11-12-19-16(13-14)23(22(28)26(19)2)25-17-8-4-3-7-15(17)21-24-18-9-5-6-10-20(18)27(21)23/h3-13,25H,1-2H3. The molecule has 136 valence electrons. The lowest BCUT2D eigenvalue weighted by molar-refractivity contribution is -0.122. The van der Waals surface area contributed by atoms with Crippen molar-refractivity contribution in [2.45, 2.75) is 12.6 Å². The van der Waals surface area contributed by atoms with Gasteiger partial charge in [-0.05, 0) is 43.3 Å². The maximum atomic E-state index is 13.8. The molecule has 1 unspecified atom stereocenters. The molecular formula is C23H18N4O. The van der Waals surface area contributed by atoms with Crippen LogP contribution in [0.5, 0.6) is 0 Å². The Labute approximate surface area is 162 Å². The number of nitrogens with zero attached hydrogens (tertiary/aromatic N) is 3. The quantitative estimate of drug-likeness (QED) is 0.509. The van der Waals surface area contributed by atoms with E-state index in [2.05, 4.69) is 22.9 Å². The Morgan fingerprint density at radius 3 is 2.68 bits per heavy atom. The van der Waals surface area contributed by atoms with Crippen molar-refractivity contribution in [2.24, 2.45) is 0 Å². The predicted octanol–water partition coefficient (Wildman–Crippen LogP) is 4.11. The van der Waals surface area contributed by atoms with Crippen LogP contribution in [0.25, 0.3) is 22.4 Å². The molecular weight excluding hydrogens is 348 g/mol. The van der Waals surface area contributed by atoms with E-state index in [1.54, 1.807) is 4.90 Å². The Bertz CT molecular complexity index is 1310. The van der Waals surface area contributed by atoms with E-state index in [-0.39, 0.29) is 5.91 Å². The molecule has 0 saturated heterocycles. The van der Waals surface area contributed by atoms with Crippen LogP contribution in [-0.4, -0.2) is 22.5 Å². The summed E-state index contributed by atoms with van der Waals surface area (Å²) >= 11 is 0. The molecule has 0 saturated carbocycles. The van der Waals surface area contributed by atoms with Crippen LogP contribution < -0.4 is 10.2 Å². The van der Waals surface area contributed by atoms with Gasteiger partial charge >= 0.3 is 0 Å². The predicted molar refractivity (Wildman–Crippen MR) is 110 cm³/mol. The van der Waals surface area contributed by atoms with Gasteiger partial charge in [-0.15, -0.1) is 0 Å². The number of hydrogen-bond donors (Lipinski definition) is 1. The number of aromatic nitrogens is 2.